The van der Waals surface area contributed by atoms with Gasteiger partial charge in [-0.3, -0.25) is 4.98 Å². The molecule has 0 N–H and O–H groups in total. The Hall–Kier alpha value is -2.08. The van der Waals surface area contributed by atoms with Crippen molar-refractivity contribution in [1.82, 2.24) is 4.98 Å². The molecular weight excluding hydrogens is 382 g/mol. The van der Waals surface area contributed by atoms with Crippen LogP contribution < -0.4 is 9.92 Å². The van der Waals surface area contributed by atoms with Gasteiger partial charge in [0.1, 0.15) is 20.3 Å². The molecular formula is C23H26NO2SSi. The summed E-state index contributed by atoms with van der Waals surface area (Å²) in [5.41, 5.74) is 1.12. The lowest BCUT2D eigenvalue weighted by Gasteiger charge is -2.14. The van der Waals surface area contributed by atoms with Crippen molar-refractivity contribution in [2.24, 2.45) is 0 Å². The van der Waals surface area contributed by atoms with Crippen LogP contribution >= 0.6 is 11.8 Å². The van der Waals surface area contributed by atoms with E-state index in [4.69, 9.17) is 9.47 Å². The number of ether oxygens (including phenoxy) is 2. The molecule has 0 bridgehead atoms. The second kappa shape index (κ2) is 11.0. The third-order valence-corrected chi connectivity index (χ3v) is 7.63. The van der Waals surface area contributed by atoms with Crippen LogP contribution in [-0.2, 0) is 11.3 Å². The largest absolute Gasteiger partial charge is 0.457 e. The van der Waals surface area contributed by atoms with E-state index in [9.17, 15) is 0 Å². The van der Waals surface area contributed by atoms with E-state index in [2.05, 4.69) is 37.0 Å². The topological polar surface area (TPSA) is 31.4 Å². The zero-order valence-electron chi connectivity index (χ0n) is 16.4. The monoisotopic (exact) mass is 408 g/mol. The number of pyridine rings is 1. The van der Waals surface area contributed by atoms with E-state index in [0.29, 0.717) is 6.61 Å². The first-order valence-corrected chi connectivity index (χ1v) is 12.5. The van der Waals surface area contributed by atoms with Gasteiger partial charge in [0, 0.05) is 12.4 Å². The van der Waals surface area contributed by atoms with Gasteiger partial charge in [0.05, 0.1) is 11.6 Å². The SMILES string of the molecule is CCSc1ccc([Si](CC)COCc2cccc(Oc3ccccc3)c2)cn1. The first kappa shape index (κ1) is 20.6. The fourth-order valence-corrected chi connectivity index (χ4v) is 5.11. The number of hydrogen-bond donors (Lipinski definition) is 0. The van der Waals surface area contributed by atoms with Crippen LogP contribution in [0.1, 0.15) is 19.4 Å². The normalized spacial score (nSPS) is 11.0. The number of aromatic nitrogens is 1. The molecule has 0 aliphatic heterocycles. The van der Waals surface area contributed by atoms with Gasteiger partial charge in [-0.05, 0) is 46.8 Å². The molecule has 1 radical (unpaired) electrons. The summed E-state index contributed by atoms with van der Waals surface area (Å²) in [6.45, 7) is 4.98. The van der Waals surface area contributed by atoms with Gasteiger partial charge in [-0.15, -0.1) is 11.8 Å². The fraction of sp³-hybridized carbons (Fsp3) is 0.261. The van der Waals surface area contributed by atoms with Crippen LogP contribution in [0.2, 0.25) is 6.04 Å². The molecule has 0 saturated carbocycles. The Morgan fingerprint density at radius 1 is 0.929 bits per heavy atom. The molecule has 28 heavy (non-hydrogen) atoms. The van der Waals surface area contributed by atoms with Crippen molar-refractivity contribution >= 4 is 25.7 Å². The van der Waals surface area contributed by atoms with Crippen LogP contribution in [0.3, 0.4) is 0 Å². The van der Waals surface area contributed by atoms with Crippen molar-refractivity contribution in [2.75, 3.05) is 12.0 Å². The molecule has 0 fully saturated rings. The minimum absolute atomic E-state index is 0.595. The molecule has 3 aromatic rings. The van der Waals surface area contributed by atoms with E-state index in [1.807, 2.05) is 54.7 Å². The highest BCUT2D eigenvalue weighted by atomic mass is 32.2. The second-order valence-electron chi connectivity index (χ2n) is 6.33. The average molecular weight is 409 g/mol. The Balaban J connectivity index is 1.54. The van der Waals surface area contributed by atoms with Crippen LogP contribution in [0.4, 0.5) is 0 Å². The van der Waals surface area contributed by atoms with Crippen molar-refractivity contribution in [3.63, 3.8) is 0 Å². The molecule has 145 valence electrons. The number of rotatable bonds is 10. The number of thioether (sulfide) groups is 1. The van der Waals surface area contributed by atoms with Crippen LogP contribution in [0, 0.1) is 0 Å². The number of hydrogen-bond acceptors (Lipinski definition) is 4. The van der Waals surface area contributed by atoms with Gasteiger partial charge in [-0.1, -0.05) is 56.3 Å². The van der Waals surface area contributed by atoms with Crippen molar-refractivity contribution in [1.29, 1.82) is 0 Å². The maximum Gasteiger partial charge on any atom is 0.127 e. The van der Waals surface area contributed by atoms with Gasteiger partial charge in [0.15, 0.2) is 0 Å². The maximum atomic E-state index is 6.07. The first-order valence-electron chi connectivity index (χ1n) is 9.62. The van der Waals surface area contributed by atoms with Crippen LogP contribution in [-0.4, -0.2) is 25.8 Å². The maximum absolute atomic E-state index is 6.07. The predicted molar refractivity (Wildman–Crippen MR) is 119 cm³/mol. The quantitative estimate of drug-likeness (QED) is 0.329. The summed E-state index contributed by atoms with van der Waals surface area (Å²) < 4.78 is 12.0. The van der Waals surface area contributed by atoms with E-state index in [1.165, 1.54) is 5.19 Å². The minimum atomic E-state index is -0.745. The van der Waals surface area contributed by atoms with Crippen molar-refractivity contribution in [3.05, 3.63) is 78.5 Å². The smallest absolute Gasteiger partial charge is 0.127 e. The Morgan fingerprint density at radius 2 is 1.75 bits per heavy atom. The highest BCUT2D eigenvalue weighted by molar-refractivity contribution is 7.99. The third kappa shape index (κ3) is 6.23. The van der Waals surface area contributed by atoms with Gasteiger partial charge in [-0.2, -0.15) is 0 Å². The highest BCUT2D eigenvalue weighted by Crippen LogP contribution is 2.22. The molecule has 0 aliphatic rings. The van der Waals surface area contributed by atoms with E-state index in [0.717, 1.165) is 40.1 Å². The van der Waals surface area contributed by atoms with Crippen molar-refractivity contribution < 1.29 is 9.47 Å². The zero-order valence-corrected chi connectivity index (χ0v) is 18.2. The van der Waals surface area contributed by atoms with Crippen LogP contribution in [0.25, 0.3) is 0 Å². The molecule has 0 unspecified atom stereocenters. The molecule has 5 heteroatoms. The van der Waals surface area contributed by atoms with Gasteiger partial charge < -0.3 is 9.47 Å². The van der Waals surface area contributed by atoms with Gasteiger partial charge in [0.2, 0.25) is 0 Å². The Kier molecular flexibility index (Phi) is 8.15. The Bertz CT molecular complexity index is 843. The van der Waals surface area contributed by atoms with Gasteiger partial charge in [0.25, 0.3) is 0 Å². The standard InChI is InChI=1S/C23H26NO2SSi/c1-3-27-23-14-13-22(16-24-23)28(4-2)18-25-17-19-9-8-12-21(15-19)26-20-10-6-5-7-11-20/h5-16H,3-4,17-18H2,1-2H3. The summed E-state index contributed by atoms with van der Waals surface area (Å²) >= 11 is 1.78. The molecule has 0 spiro atoms. The van der Waals surface area contributed by atoms with E-state index in [1.54, 1.807) is 11.8 Å². The average Bonchev–Trinajstić information content (AvgIpc) is 2.73. The lowest BCUT2D eigenvalue weighted by atomic mass is 10.2. The zero-order chi connectivity index (χ0) is 19.6. The van der Waals surface area contributed by atoms with Gasteiger partial charge >= 0.3 is 0 Å². The third-order valence-electron chi connectivity index (χ3n) is 4.29. The minimum Gasteiger partial charge on any atom is -0.457 e. The van der Waals surface area contributed by atoms with Gasteiger partial charge in [-0.25, -0.2) is 0 Å². The first-order chi connectivity index (χ1) is 13.8. The van der Waals surface area contributed by atoms with Crippen molar-refractivity contribution in [2.45, 2.75) is 31.5 Å². The molecule has 1 aromatic heterocycles. The summed E-state index contributed by atoms with van der Waals surface area (Å²) in [5.74, 6) is 2.73. The fourth-order valence-electron chi connectivity index (χ4n) is 2.83. The Labute approximate surface area is 173 Å². The van der Waals surface area contributed by atoms with E-state index < -0.39 is 8.80 Å². The molecule has 0 amide bonds. The molecule has 3 nitrogen and oxygen atoms in total. The molecule has 3 rings (SSSR count). The highest BCUT2D eigenvalue weighted by Gasteiger charge is 2.13. The summed E-state index contributed by atoms with van der Waals surface area (Å²) in [7, 11) is -0.745. The summed E-state index contributed by atoms with van der Waals surface area (Å²) in [5, 5.41) is 2.44. The lowest BCUT2D eigenvalue weighted by Crippen LogP contribution is -2.34. The molecule has 2 aromatic carbocycles. The second-order valence-corrected chi connectivity index (χ2v) is 10.4. The predicted octanol–water partition coefficient (Wildman–Crippen LogP) is 5.46. The summed E-state index contributed by atoms with van der Waals surface area (Å²) in [6, 6.07) is 23.4. The van der Waals surface area contributed by atoms with E-state index >= 15 is 0 Å². The molecule has 0 aliphatic carbocycles. The number of para-hydroxylation sites is 1. The van der Waals surface area contributed by atoms with E-state index in [-0.39, 0.29) is 0 Å². The lowest BCUT2D eigenvalue weighted by molar-refractivity contribution is 0.161. The molecule has 0 atom stereocenters. The number of nitrogens with zero attached hydrogens (tertiary/aromatic N) is 1. The number of benzene rings is 2. The Morgan fingerprint density at radius 3 is 2.46 bits per heavy atom. The molecule has 1 heterocycles. The van der Waals surface area contributed by atoms with Crippen LogP contribution in [0.5, 0.6) is 11.5 Å². The molecule has 0 saturated heterocycles. The van der Waals surface area contributed by atoms with Crippen molar-refractivity contribution in [3.8, 4) is 11.5 Å². The van der Waals surface area contributed by atoms with Crippen LogP contribution in [0.15, 0.2) is 78.0 Å². The summed E-state index contributed by atoms with van der Waals surface area (Å²) in [4.78, 5) is 4.57. The summed E-state index contributed by atoms with van der Waals surface area (Å²) in [6.07, 6.45) is 2.82.